The summed E-state index contributed by atoms with van der Waals surface area (Å²) in [5, 5.41) is 9.83. The molecule has 1 atom stereocenters. The van der Waals surface area contributed by atoms with Gasteiger partial charge >= 0.3 is 0 Å². The van der Waals surface area contributed by atoms with Gasteiger partial charge in [-0.2, -0.15) is 4.99 Å². The summed E-state index contributed by atoms with van der Waals surface area (Å²) in [6.07, 6.45) is 0.430. The highest BCUT2D eigenvalue weighted by atomic mass is 35.5. The Kier molecular flexibility index (Phi) is 6.81. The van der Waals surface area contributed by atoms with Crippen molar-refractivity contribution in [3.8, 4) is 0 Å². The molecule has 9 heteroatoms. The molecule has 0 fully saturated rings. The van der Waals surface area contributed by atoms with Gasteiger partial charge in [0.1, 0.15) is 0 Å². The molecule has 0 aromatic heterocycles. The Balaban J connectivity index is 0.00000400. The molecule has 21 heavy (non-hydrogen) atoms. The van der Waals surface area contributed by atoms with Crippen LogP contribution in [0.5, 0.6) is 0 Å². The van der Waals surface area contributed by atoms with Crippen molar-refractivity contribution in [3.63, 3.8) is 0 Å². The van der Waals surface area contributed by atoms with Crippen molar-refractivity contribution in [2.45, 2.75) is 24.3 Å². The van der Waals surface area contributed by atoms with E-state index >= 15 is 0 Å². The molecule has 0 aliphatic rings. The van der Waals surface area contributed by atoms with Crippen LogP contribution in [-0.2, 0) is 9.84 Å². The Morgan fingerprint density at radius 3 is 2.38 bits per heavy atom. The smallest absolute Gasteiger partial charge is 0.280 e. The maximum Gasteiger partial charge on any atom is 0.280 e. The first-order valence-corrected chi connectivity index (χ1v) is 7.72. The lowest BCUT2D eigenvalue weighted by atomic mass is 10.0. The Hall–Kier alpha value is -1.64. The highest BCUT2D eigenvalue weighted by Crippen LogP contribution is 2.26. The normalized spacial score (nSPS) is 12.1. The maximum atomic E-state index is 11.8. The van der Waals surface area contributed by atoms with E-state index in [2.05, 4.69) is 4.99 Å². The number of rotatable bonds is 4. The van der Waals surface area contributed by atoms with Gasteiger partial charge < -0.3 is 16.6 Å². The molecule has 0 spiro atoms. The molecule has 0 radical (unpaired) electrons. The number of carbonyl (C=O) groups is 1. The standard InChI is InChI=1S/C12H17N3O4S.ClH/c1-3-9(16)8-5-4-7(11(17)15-12(13)14)6-10(8)20(2,18)19;/h4-6,9,16H,3H2,1-2H3,(H4,13,14,15,17);1H. The van der Waals surface area contributed by atoms with Gasteiger partial charge in [0.15, 0.2) is 15.8 Å². The zero-order chi connectivity index (χ0) is 15.5. The number of nitrogens with zero attached hydrogens (tertiary/aromatic N) is 1. The van der Waals surface area contributed by atoms with E-state index in [1.807, 2.05) is 0 Å². The summed E-state index contributed by atoms with van der Waals surface area (Å²) in [6.45, 7) is 1.72. The zero-order valence-corrected chi connectivity index (χ0v) is 13.2. The molecule has 1 unspecified atom stereocenters. The third kappa shape index (κ3) is 5.00. The molecule has 0 bridgehead atoms. The first kappa shape index (κ1) is 19.4. The molecule has 0 heterocycles. The third-order valence-corrected chi connectivity index (χ3v) is 3.79. The van der Waals surface area contributed by atoms with Crippen LogP contribution in [0.1, 0.15) is 35.4 Å². The van der Waals surface area contributed by atoms with Crippen molar-refractivity contribution in [2.75, 3.05) is 6.26 Å². The minimum Gasteiger partial charge on any atom is -0.388 e. The summed E-state index contributed by atoms with van der Waals surface area (Å²) in [7, 11) is -3.60. The lowest BCUT2D eigenvalue weighted by Gasteiger charge is -2.13. The van der Waals surface area contributed by atoms with Gasteiger partial charge in [-0.05, 0) is 24.1 Å². The summed E-state index contributed by atoms with van der Waals surface area (Å²) < 4.78 is 23.5. The molecular formula is C12H18ClN3O4S. The van der Waals surface area contributed by atoms with Crippen LogP contribution in [0.25, 0.3) is 0 Å². The fourth-order valence-corrected chi connectivity index (χ4v) is 2.64. The Labute approximate surface area is 129 Å². The van der Waals surface area contributed by atoms with Crippen molar-refractivity contribution in [1.82, 2.24) is 0 Å². The van der Waals surface area contributed by atoms with Gasteiger partial charge in [0.25, 0.3) is 5.91 Å². The van der Waals surface area contributed by atoms with E-state index < -0.39 is 27.8 Å². The minimum atomic E-state index is -3.60. The van der Waals surface area contributed by atoms with Gasteiger partial charge in [0.05, 0.1) is 11.0 Å². The second-order valence-electron chi connectivity index (χ2n) is 4.29. The number of hydrogen-bond donors (Lipinski definition) is 3. The number of carbonyl (C=O) groups excluding carboxylic acids is 1. The number of halogens is 1. The lowest BCUT2D eigenvalue weighted by Crippen LogP contribution is -2.24. The van der Waals surface area contributed by atoms with Crippen molar-refractivity contribution in [2.24, 2.45) is 16.5 Å². The predicted octanol–water partition coefficient (Wildman–Crippen LogP) is 0.369. The number of aliphatic imine (C=N–C) groups is 1. The van der Waals surface area contributed by atoms with E-state index in [-0.39, 0.29) is 28.4 Å². The van der Waals surface area contributed by atoms with Crippen molar-refractivity contribution in [1.29, 1.82) is 0 Å². The fourth-order valence-electron chi connectivity index (χ4n) is 1.67. The average Bonchev–Trinajstić information content (AvgIpc) is 2.35. The van der Waals surface area contributed by atoms with Crippen LogP contribution < -0.4 is 11.5 Å². The van der Waals surface area contributed by atoms with Gasteiger partial charge in [-0.1, -0.05) is 13.0 Å². The van der Waals surface area contributed by atoms with Gasteiger partial charge in [0, 0.05) is 11.8 Å². The van der Waals surface area contributed by atoms with E-state index in [0.29, 0.717) is 6.42 Å². The number of guanidine groups is 1. The number of nitrogens with two attached hydrogens (primary N) is 2. The number of benzene rings is 1. The Morgan fingerprint density at radius 1 is 1.38 bits per heavy atom. The van der Waals surface area contributed by atoms with Gasteiger partial charge in [-0.3, -0.25) is 4.79 Å². The second kappa shape index (κ2) is 7.39. The molecule has 1 amide bonds. The highest BCUT2D eigenvalue weighted by Gasteiger charge is 2.20. The first-order chi connectivity index (χ1) is 9.16. The molecule has 0 aliphatic heterocycles. The molecule has 0 saturated carbocycles. The first-order valence-electron chi connectivity index (χ1n) is 5.82. The van der Waals surface area contributed by atoms with E-state index in [0.717, 1.165) is 6.26 Å². The molecular weight excluding hydrogens is 318 g/mol. The molecule has 118 valence electrons. The van der Waals surface area contributed by atoms with Crippen LogP contribution in [0.4, 0.5) is 0 Å². The molecule has 5 N–H and O–H groups in total. The van der Waals surface area contributed by atoms with Crippen LogP contribution in [0.15, 0.2) is 28.1 Å². The summed E-state index contributed by atoms with van der Waals surface area (Å²) in [5.41, 5.74) is 10.5. The molecule has 1 aromatic rings. The quantitative estimate of drug-likeness (QED) is 0.537. The maximum absolute atomic E-state index is 11.8. The SMILES string of the molecule is CCC(O)c1ccc(C(=O)N=C(N)N)cc1S(C)(=O)=O.Cl. The number of hydrogen-bond acceptors (Lipinski definition) is 4. The summed E-state index contributed by atoms with van der Waals surface area (Å²) in [4.78, 5) is 14.9. The topological polar surface area (TPSA) is 136 Å². The van der Waals surface area contributed by atoms with Crippen molar-refractivity contribution in [3.05, 3.63) is 29.3 Å². The summed E-state index contributed by atoms with van der Waals surface area (Å²) in [5.74, 6) is -1.15. The van der Waals surface area contributed by atoms with Gasteiger partial charge in [0.2, 0.25) is 0 Å². The Bertz CT molecular complexity index is 654. The molecule has 1 rings (SSSR count). The average molecular weight is 336 g/mol. The van der Waals surface area contributed by atoms with Crippen LogP contribution in [0, 0.1) is 0 Å². The number of aliphatic hydroxyl groups excluding tert-OH is 1. The summed E-state index contributed by atoms with van der Waals surface area (Å²) >= 11 is 0. The van der Waals surface area contributed by atoms with Gasteiger partial charge in [-0.25, -0.2) is 8.42 Å². The van der Waals surface area contributed by atoms with Crippen LogP contribution in [0.3, 0.4) is 0 Å². The monoisotopic (exact) mass is 335 g/mol. The molecule has 7 nitrogen and oxygen atoms in total. The van der Waals surface area contributed by atoms with Gasteiger partial charge in [-0.15, -0.1) is 12.4 Å². The second-order valence-corrected chi connectivity index (χ2v) is 6.27. The van der Waals surface area contributed by atoms with Crippen LogP contribution in [-0.4, -0.2) is 31.6 Å². The third-order valence-electron chi connectivity index (χ3n) is 2.64. The van der Waals surface area contributed by atoms with E-state index in [1.165, 1.54) is 18.2 Å². The predicted molar refractivity (Wildman–Crippen MR) is 82.2 cm³/mol. The minimum absolute atomic E-state index is 0. The van der Waals surface area contributed by atoms with E-state index in [4.69, 9.17) is 11.5 Å². The molecule has 0 saturated heterocycles. The number of sulfone groups is 1. The lowest BCUT2D eigenvalue weighted by molar-refractivity contribution is 0.100. The zero-order valence-electron chi connectivity index (χ0n) is 11.6. The van der Waals surface area contributed by atoms with Crippen LogP contribution in [0.2, 0.25) is 0 Å². The van der Waals surface area contributed by atoms with E-state index in [9.17, 15) is 18.3 Å². The van der Waals surface area contributed by atoms with Crippen molar-refractivity contribution < 1.29 is 18.3 Å². The largest absolute Gasteiger partial charge is 0.388 e. The Morgan fingerprint density at radius 2 is 1.95 bits per heavy atom. The van der Waals surface area contributed by atoms with Crippen LogP contribution >= 0.6 is 12.4 Å². The van der Waals surface area contributed by atoms with Crippen molar-refractivity contribution >= 4 is 34.1 Å². The number of amides is 1. The summed E-state index contributed by atoms with van der Waals surface area (Å²) in [6, 6.07) is 3.93. The fraction of sp³-hybridized carbons (Fsp3) is 0.333. The molecule has 0 aliphatic carbocycles. The highest BCUT2D eigenvalue weighted by molar-refractivity contribution is 7.90. The number of aliphatic hydroxyl groups is 1. The molecule has 1 aromatic carbocycles. The van der Waals surface area contributed by atoms with E-state index in [1.54, 1.807) is 6.92 Å².